The number of methoxy groups -OCH3 is 1. The number of hydrogen-bond donors (Lipinski definition) is 1. The van der Waals surface area contributed by atoms with E-state index in [-0.39, 0.29) is 35.2 Å². The Balaban J connectivity index is 1.73. The second kappa shape index (κ2) is 8.15. The van der Waals surface area contributed by atoms with Crippen molar-refractivity contribution in [3.63, 3.8) is 0 Å². The molecule has 7 nitrogen and oxygen atoms in total. The molecule has 1 fully saturated rings. The number of nitrogens with two attached hydrogens (primary N) is 1. The molecule has 0 saturated carbocycles. The minimum atomic E-state index is -4.42. The number of piperazine rings is 1. The lowest BCUT2D eigenvalue weighted by molar-refractivity contribution is -0.137. The first-order valence-electron chi connectivity index (χ1n) is 8.93. The second-order valence-electron chi connectivity index (χ2n) is 6.73. The Morgan fingerprint density at radius 3 is 2.30 bits per heavy atom. The van der Waals surface area contributed by atoms with Gasteiger partial charge in [0.05, 0.1) is 23.1 Å². The zero-order valence-corrected chi connectivity index (χ0v) is 16.8. The molecular formula is C19H20F3N3O4S. The Morgan fingerprint density at radius 1 is 1.07 bits per heavy atom. The minimum Gasteiger partial charge on any atom is -0.496 e. The maximum atomic E-state index is 12.9. The Bertz CT molecular complexity index is 1050. The third kappa shape index (κ3) is 4.68. The molecule has 0 spiro atoms. The van der Waals surface area contributed by atoms with E-state index in [9.17, 15) is 26.4 Å². The highest BCUT2D eigenvalue weighted by molar-refractivity contribution is 7.89. The van der Waals surface area contributed by atoms with Crippen LogP contribution in [0.3, 0.4) is 0 Å². The number of carbonyl (C=O) groups is 1. The van der Waals surface area contributed by atoms with Crippen LogP contribution in [0.4, 0.5) is 18.9 Å². The van der Waals surface area contributed by atoms with Crippen LogP contribution in [0.1, 0.15) is 15.9 Å². The van der Waals surface area contributed by atoms with E-state index < -0.39 is 21.8 Å². The quantitative estimate of drug-likeness (QED) is 0.783. The molecule has 3 rings (SSSR count). The third-order valence-corrected chi connectivity index (χ3v) is 5.75. The number of anilines is 1. The van der Waals surface area contributed by atoms with Crippen LogP contribution in [0.15, 0.2) is 47.4 Å². The summed E-state index contributed by atoms with van der Waals surface area (Å²) in [5.74, 6) is -0.289. The third-order valence-electron chi connectivity index (χ3n) is 4.84. The molecule has 0 unspecified atom stereocenters. The first-order valence-corrected chi connectivity index (χ1v) is 10.5. The van der Waals surface area contributed by atoms with E-state index >= 15 is 0 Å². The number of carbonyl (C=O) groups excluding carboxylic acids is 1. The summed E-state index contributed by atoms with van der Waals surface area (Å²) in [4.78, 5) is 16.0. The molecule has 2 N–H and O–H groups in total. The average molecular weight is 443 g/mol. The zero-order valence-electron chi connectivity index (χ0n) is 16.0. The Kier molecular flexibility index (Phi) is 5.95. The fourth-order valence-corrected chi connectivity index (χ4v) is 3.77. The second-order valence-corrected chi connectivity index (χ2v) is 8.30. The number of benzene rings is 2. The zero-order chi connectivity index (χ0) is 22.1. The number of rotatable bonds is 4. The number of alkyl halides is 3. The predicted octanol–water partition coefficient (Wildman–Crippen LogP) is 2.32. The number of hydrogen-bond acceptors (Lipinski definition) is 5. The summed E-state index contributed by atoms with van der Waals surface area (Å²) in [6, 6.07) is 8.80. The van der Waals surface area contributed by atoms with Gasteiger partial charge in [0, 0.05) is 37.9 Å². The van der Waals surface area contributed by atoms with E-state index in [4.69, 9.17) is 9.88 Å². The molecule has 1 aliphatic rings. The van der Waals surface area contributed by atoms with Gasteiger partial charge in [-0.15, -0.1) is 0 Å². The number of nitrogens with zero attached hydrogens (tertiary/aromatic N) is 2. The van der Waals surface area contributed by atoms with Gasteiger partial charge in [0.15, 0.2) is 0 Å². The predicted molar refractivity (Wildman–Crippen MR) is 104 cm³/mol. The van der Waals surface area contributed by atoms with Crippen LogP contribution < -0.4 is 14.8 Å². The van der Waals surface area contributed by atoms with Gasteiger partial charge in [-0.3, -0.25) is 4.79 Å². The molecule has 0 radical (unpaired) electrons. The van der Waals surface area contributed by atoms with Crippen LogP contribution in [0.2, 0.25) is 0 Å². The highest BCUT2D eigenvalue weighted by Crippen LogP contribution is 2.32. The van der Waals surface area contributed by atoms with Crippen molar-refractivity contribution in [2.45, 2.75) is 11.1 Å². The standard InChI is InChI=1S/C19H20F3N3O4S/c1-29-17-12-15(30(23,27)28)5-6-16(17)18(26)25-9-7-24(8-10-25)14-4-2-3-13(11-14)19(20,21)22/h2-6,11-12H,7-10H2,1H3,(H2,23,27,28). The van der Waals surface area contributed by atoms with E-state index in [0.717, 1.165) is 12.1 Å². The SMILES string of the molecule is COc1cc(S(N)(=O)=O)ccc1C(=O)N1CCN(c2cccc(C(F)(F)F)c2)CC1. The first-order chi connectivity index (χ1) is 14.0. The van der Waals surface area contributed by atoms with Gasteiger partial charge in [0.2, 0.25) is 10.0 Å². The lowest BCUT2D eigenvalue weighted by Gasteiger charge is -2.36. The molecule has 30 heavy (non-hydrogen) atoms. The van der Waals surface area contributed by atoms with E-state index in [2.05, 4.69) is 0 Å². The van der Waals surface area contributed by atoms with Crippen molar-refractivity contribution in [3.05, 3.63) is 53.6 Å². The van der Waals surface area contributed by atoms with E-state index in [1.807, 2.05) is 0 Å². The number of primary sulfonamides is 1. The van der Waals surface area contributed by atoms with Crippen molar-refractivity contribution in [1.82, 2.24) is 4.90 Å². The summed E-state index contributed by atoms with van der Waals surface area (Å²) in [5, 5.41) is 5.10. The van der Waals surface area contributed by atoms with E-state index in [1.165, 1.54) is 31.4 Å². The molecule has 1 saturated heterocycles. The van der Waals surface area contributed by atoms with Crippen LogP contribution in [0.25, 0.3) is 0 Å². The van der Waals surface area contributed by atoms with Gasteiger partial charge < -0.3 is 14.5 Å². The van der Waals surface area contributed by atoms with Gasteiger partial charge in [-0.05, 0) is 30.3 Å². The summed E-state index contributed by atoms with van der Waals surface area (Å²) in [7, 11) is -2.64. The molecule has 2 aromatic carbocycles. The number of halogens is 3. The molecule has 0 bridgehead atoms. The van der Waals surface area contributed by atoms with Gasteiger partial charge in [-0.2, -0.15) is 13.2 Å². The molecule has 162 valence electrons. The van der Waals surface area contributed by atoms with Crippen molar-refractivity contribution < 1.29 is 31.1 Å². The van der Waals surface area contributed by atoms with Gasteiger partial charge >= 0.3 is 6.18 Å². The van der Waals surface area contributed by atoms with Crippen molar-refractivity contribution >= 4 is 21.6 Å². The van der Waals surface area contributed by atoms with Crippen molar-refractivity contribution in [3.8, 4) is 5.75 Å². The van der Waals surface area contributed by atoms with Crippen LogP contribution in [-0.2, 0) is 16.2 Å². The van der Waals surface area contributed by atoms with Crippen LogP contribution in [0.5, 0.6) is 5.75 Å². The topological polar surface area (TPSA) is 92.9 Å². The number of ether oxygens (including phenoxy) is 1. The summed E-state index contributed by atoms with van der Waals surface area (Å²) >= 11 is 0. The maximum absolute atomic E-state index is 12.9. The highest BCUT2D eigenvalue weighted by Gasteiger charge is 2.31. The fraction of sp³-hybridized carbons (Fsp3) is 0.316. The fourth-order valence-electron chi connectivity index (χ4n) is 3.24. The molecule has 0 atom stereocenters. The maximum Gasteiger partial charge on any atom is 0.416 e. The summed E-state index contributed by atoms with van der Waals surface area (Å²) < 4.78 is 66.9. The molecule has 1 aliphatic heterocycles. The molecule has 11 heteroatoms. The number of sulfonamides is 1. The molecule has 1 heterocycles. The summed E-state index contributed by atoms with van der Waals surface area (Å²) in [5.41, 5.74) is -0.109. The normalized spacial score (nSPS) is 15.2. The van der Waals surface area contributed by atoms with Crippen LogP contribution in [0, 0.1) is 0 Å². The molecular weight excluding hydrogens is 423 g/mol. The van der Waals surface area contributed by atoms with Crippen molar-refractivity contribution in [2.24, 2.45) is 5.14 Å². The smallest absolute Gasteiger partial charge is 0.416 e. The lowest BCUT2D eigenvalue weighted by Crippen LogP contribution is -2.48. The summed E-state index contributed by atoms with van der Waals surface area (Å²) in [6.45, 7) is 1.28. The molecule has 2 aromatic rings. The monoisotopic (exact) mass is 443 g/mol. The Hall–Kier alpha value is -2.79. The van der Waals surface area contributed by atoms with Crippen molar-refractivity contribution in [2.75, 3.05) is 38.2 Å². The van der Waals surface area contributed by atoms with E-state index in [1.54, 1.807) is 15.9 Å². The largest absolute Gasteiger partial charge is 0.496 e. The van der Waals surface area contributed by atoms with Crippen LogP contribution in [-0.4, -0.2) is 52.5 Å². The molecule has 0 aromatic heterocycles. The first kappa shape index (κ1) is 21.9. The minimum absolute atomic E-state index is 0.0758. The van der Waals surface area contributed by atoms with Crippen molar-refractivity contribution in [1.29, 1.82) is 0 Å². The number of amides is 1. The Labute approximate surface area is 171 Å². The van der Waals surface area contributed by atoms with E-state index in [0.29, 0.717) is 18.8 Å². The van der Waals surface area contributed by atoms with Crippen LogP contribution >= 0.6 is 0 Å². The molecule has 1 amide bonds. The average Bonchev–Trinajstić information content (AvgIpc) is 2.71. The van der Waals surface area contributed by atoms with Gasteiger partial charge in [-0.1, -0.05) is 6.07 Å². The van der Waals surface area contributed by atoms with Gasteiger partial charge in [0.25, 0.3) is 5.91 Å². The lowest BCUT2D eigenvalue weighted by atomic mass is 10.1. The highest BCUT2D eigenvalue weighted by atomic mass is 32.2. The Morgan fingerprint density at radius 2 is 1.73 bits per heavy atom. The molecule has 0 aliphatic carbocycles. The van der Waals surface area contributed by atoms with Gasteiger partial charge in [-0.25, -0.2) is 13.6 Å². The van der Waals surface area contributed by atoms with Gasteiger partial charge in [0.1, 0.15) is 5.75 Å². The summed E-state index contributed by atoms with van der Waals surface area (Å²) in [6.07, 6.45) is -4.42.